The summed E-state index contributed by atoms with van der Waals surface area (Å²) in [5, 5.41) is 0. The van der Waals surface area contributed by atoms with Gasteiger partial charge in [-0.3, -0.25) is 0 Å². The summed E-state index contributed by atoms with van der Waals surface area (Å²) < 4.78 is 26.8. The number of benzene rings is 1. The Labute approximate surface area is 127 Å². The third-order valence-corrected chi connectivity index (χ3v) is 6.44. The minimum Gasteiger partial charge on any atom is -0.212 e. The van der Waals surface area contributed by atoms with Gasteiger partial charge in [0.15, 0.2) is 0 Å². The van der Waals surface area contributed by atoms with Crippen molar-refractivity contribution in [1.82, 2.24) is 4.31 Å². The average Bonchev–Trinajstić information content (AvgIpc) is 2.42. The minimum atomic E-state index is -3.24. The smallest absolute Gasteiger partial charge is 0.212 e. The number of alkyl halides is 1. The molecule has 0 radical (unpaired) electrons. The Morgan fingerprint density at radius 3 is 2.40 bits per heavy atom. The lowest BCUT2D eigenvalue weighted by atomic mass is 9.94. The Balaban J connectivity index is 2.13. The van der Waals surface area contributed by atoms with Gasteiger partial charge in [0.1, 0.15) is 0 Å². The monoisotopic (exact) mass is 315 g/mol. The van der Waals surface area contributed by atoms with Crippen LogP contribution in [0, 0.1) is 5.92 Å². The molecule has 0 amide bonds. The van der Waals surface area contributed by atoms with Gasteiger partial charge in [0, 0.05) is 18.5 Å². The predicted octanol–water partition coefficient (Wildman–Crippen LogP) is 3.38. The van der Waals surface area contributed by atoms with Gasteiger partial charge < -0.3 is 0 Å². The van der Waals surface area contributed by atoms with E-state index < -0.39 is 10.0 Å². The van der Waals surface area contributed by atoms with Crippen molar-refractivity contribution >= 4 is 21.6 Å². The van der Waals surface area contributed by atoms with E-state index in [0.717, 1.165) is 24.0 Å². The molecule has 0 saturated carbocycles. The molecule has 112 valence electrons. The van der Waals surface area contributed by atoms with Gasteiger partial charge in [0.2, 0.25) is 10.0 Å². The van der Waals surface area contributed by atoms with Crippen LogP contribution in [0.1, 0.15) is 37.8 Å². The summed E-state index contributed by atoms with van der Waals surface area (Å²) in [5.74, 6) is 0.956. The molecule has 1 aromatic rings. The van der Waals surface area contributed by atoms with Crippen LogP contribution in [0.5, 0.6) is 0 Å². The number of rotatable bonds is 4. The molecule has 3 nitrogen and oxygen atoms in total. The lowest BCUT2D eigenvalue weighted by Crippen LogP contribution is -2.46. The Kier molecular flexibility index (Phi) is 5.10. The van der Waals surface area contributed by atoms with Gasteiger partial charge in [0.05, 0.1) is 5.75 Å². The summed E-state index contributed by atoms with van der Waals surface area (Å²) >= 11 is 5.74. The van der Waals surface area contributed by atoms with Gasteiger partial charge in [-0.1, -0.05) is 31.2 Å². The fraction of sp³-hybridized carbons (Fsp3) is 0.600. The van der Waals surface area contributed by atoms with E-state index in [2.05, 4.69) is 6.92 Å². The molecular formula is C15H22ClNO2S. The minimum absolute atomic E-state index is 0.0760. The largest absolute Gasteiger partial charge is 0.218 e. The highest BCUT2D eigenvalue weighted by atomic mass is 35.5. The van der Waals surface area contributed by atoms with Crippen molar-refractivity contribution < 1.29 is 8.42 Å². The van der Waals surface area contributed by atoms with Gasteiger partial charge in [-0.2, -0.15) is 4.31 Å². The molecule has 1 aliphatic heterocycles. The fourth-order valence-corrected chi connectivity index (χ4v) is 4.79. The third kappa shape index (κ3) is 3.54. The maximum atomic E-state index is 12.6. The first-order valence-electron chi connectivity index (χ1n) is 7.07. The molecule has 0 spiro atoms. The first-order chi connectivity index (χ1) is 9.44. The Morgan fingerprint density at radius 2 is 1.80 bits per heavy atom. The second-order valence-corrected chi connectivity index (χ2v) is 7.87. The van der Waals surface area contributed by atoms with E-state index in [0.29, 0.717) is 18.3 Å². The molecule has 0 aliphatic carbocycles. The zero-order valence-electron chi connectivity index (χ0n) is 12.0. The predicted molar refractivity (Wildman–Crippen MR) is 83.2 cm³/mol. The van der Waals surface area contributed by atoms with Crippen molar-refractivity contribution in [1.29, 1.82) is 0 Å². The molecule has 1 saturated heterocycles. The highest BCUT2D eigenvalue weighted by Crippen LogP contribution is 2.27. The topological polar surface area (TPSA) is 37.4 Å². The molecule has 0 N–H and O–H groups in total. The number of hydrogen-bond acceptors (Lipinski definition) is 2. The molecule has 5 heteroatoms. The summed E-state index contributed by atoms with van der Waals surface area (Å²) in [7, 11) is -3.24. The second kappa shape index (κ2) is 6.46. The Bertz CT molecular complexity index is 541. The molecule has 2 unspecified atom stereocenters. The van der Waals surface area contributed by atoms with Crippen LogP contribution in [0.3, 0.4) is 0 Å². The first kappa shape index (κ1) is 15.8. The van der Waals surface area contributed by atoms with Crippen LogP contribution in [0.4, 0.5) is 0 Å². The molecule has 1 aromatic carbocycles. The SMILES string of the molecule is CC1CCCN(S(=O)(=O)Cc2ccc(CCl)cc2)C1C. The fourth-order valence-electron chi connectivity index (χ4n) is 2.71. The highest BCUT2D eigenvalue weighted by molar-refractivity contribution is 7.88. The summed E-state index contributed by atoms with van der Waals surface area (Å²) in [4.78, 5) is 0. The third-order valence-electron chi connectivity index (χ3n) is 4.20. The molecule has 2 atom stereocenters. The number of nitrogens with zero attached hydrogens (tertiary/aromatic N) is 1. The maximum absolute atomic E-state index is 12.6. The van der Waals surface area contributed by atoms with E-state index in [1.807, 2.05) is 31.2 Å². The van der Waals surface area contributed by atoms with E-state index in [9.17, 15) is 8.42 Å². The van der Waals surface area contributed by atoms with Crippen LogP contribution in [-0.4, -0.2) is 25.3 Å². The summed E-state index contributed by atoms with van der Waals surface area (Å²) in [6.07, 6.45) is 2.06. The van der Waals surface area contributed by atoms with Gasteiger partial charge in [-0.15, -0.1) is 11.6 Å². The molecule has 1 heterocycles. The van der Waals surface area contributed by atoms with Crippen LogP contribution >= 0.6 is 11.6 Å². The lowest BCUT2D eigenvalue weighted by molar-refractivity contribution is 0.202. The Morgan fingerprint density at radius 1 is 1.20 bits per heavy atom. The zero-order chi connectivity index (χ0) is 14.8. The molecule has 2 rings (SSSR count). The normalized spacial score (nSPS) is 24.8. The number of sulfonamides is 1. The highest BCUT2D eigenvalue weighted by Gasteiger charge is 2.33. The maximum Gasteiger partial charge on any atom is 0.218 e. The average molecular weight is 316 g/mol. The van der Waals surface area contributed by atoms with E-state index in [1.165, 1.54) is 0 Å². The summed E-state index contributed by atoms with van der Waals surface area (Å²) in [6, 6.07) is 7.58. The van der Waals surface area contributed by atoms with Crippen LogP contribution in [-0.2, 0) is 21.7 Å². The standard InChI is InChI=1S/C15H22ClNO2S/c1-12-4-3-9-17(13(12)2)20(18,19)11-15-7-5-14(10-16)6-8-15/h5-8,12-13H,3-4,9-11H2,1-2H3. The van der Waals surface area contributed by atoms with Gasteiger partial charge in [-0.25, -0.2) is 8.42 Å². The zero-order valence-corrected chi connectivity index (χ0v) is 13.6. The number of piperidine rings is 1. The number of halogens is 1. The molecule has 1 fully saturated rings. The van der Waals surface area contributed by atoms with Crippen molar-refractivity contribution in [2.45, 2.75) is 44.4 Å². The molecule has 0 bridgehead atoms. The van der Waals surface area contributed by atoms with E-state index in [-0.39, 0.29) is 11.8 Å². The van der Waals surface area contributed by atoms with Crippen LogP contribution in [0.2, 0.25) is 0 Å². The summed E-state index contributed by atoms with van der Waals surface area (Å²) in [5.41, 5.74) is 1.83. The van der Waals surface area contributed by atoms with Crippen LogP contribution < -0.4 is 0 Å². The van der Waals surface area contributed by atoms with Crippen molar-refractivity contribution in [3.8, 4) is 0 Å². The van der Waals surface area contributed by atoms with Gasteiger partial charge in [0.25, 0.3) is 0 Å². The molecular weight excluding hydrogens is 294 g/mol. The second-order valence-electron chi connectivity index (χ2n) is 5.68. The van der Waals surface area contributed by atoms with E-state index >= 15 is 0 Å². The van der Waals surface area contributed by atoms with Gasteiger partial charge in [-0.05, 0) is 36.8 Å². The lowest BCUT2D eigenvalue weighted by Gasteiger charge is -2.36. The quantitative estimate of drug-likeness (QED) is 0.799. The van der Waals surface area contributed by atoms with Crippen molar-refractivity contribution in [2.24, 2.45) is 5.92 Å². The van der Waals surface area contributed by atoms with Crippen molar-refractivity contribution in [3.63, 3.8) is 0 Å². The molecule has 1 aliphatic rings. The van der Waals surface area contributed by atoms with Crippen molar-refractivity contribution in [3.05, 3.63) is 35.4 Å². The Hall–Kier alpha value is -0.580. The van der Waals surface area contributed by atoms with Crippen LogP contribution in [0.15, 0.2) is 24.3 Å². The van der Waals surface area contributed by atoms with Crippen LogP contribution in [0.25, 0.3) is 0 Å². The molecule has 20 heavy (non-hydrogen) atoms. The van der Waals surface area contributed by atoms with Crippen molar-refractivity contribution in [2.75, 3.05) is 6.54 Å². The van der Waals surface area contributed by atoms with Gasteiger partial charge >= 0.3 is 0 Å². The summed E-state index contributed by atoms with van der Waals surface area (Å²) in [6.45, 7) is 4.78. The first-order valence-corrected chi connectivity index (χ1v) is 9.21. The molecule has 0 aromatic heterocycles. The van der Waals surface area contributed by atoms with E-state index in [4.69, 9.17) is 11.6 Å². The number of hydrogen-bond donors (Lipinski definition) is 0. The van der Waals surface area contributed by atoms with E-state index in [1.54, 1.807) is 4.31 Å².